The van der Waals surface area contributed by atoms with Gasteiger partial charge in [-0.05, 0) is 45.1 Å². The maximum Gasteiger partial charge on any atom is 0.108 e. The number of nitrogens with one attached hydrogen (secondary N) is 1. The van der Waals surface area contributed by atoms with Gasteiger partial charge in [0, 0.05) is 31.4 Å². The maximum atomic E-state index is 4.45. The second kappa shape index (κ2) is 6.20. The molecular formula is C14H25N3. The summed E-state index contributed by atoms with van der Waals surface area (Å²) in [6.45, 7) is 6.61. The second-order valence-corrected chi connectivity index (χ2v) is 5.07. The highest BCUT2D eigenvalue weighted by Gasteiger charge is 2.30. The van der Waals surface area contributed by atoms with Gasteiger partial charge in [-0.2, -0.15) is 0 Å². The van der Waals surface area contributed by atoms with Gasteiger partial charge in [-0.1, -0.05) is 6.92 Å². The third-order valence-electron chi connectivity index (χ3n) is 3.67. The fraction of sp³-hybridized carbons (Fsp3) is 0.786. The first-order valence-electron chi connectivity index (χ1n) is 7.08. The first-order valence-corrected chi connectivity index (χ1v) is 7.08. The van der Waals surface area contributed by atoms with Crippen molar-refractivity contribution in [1.82, 2.24) is 14.9 Å². The van der Waals surface area contributed by atoms with E-state index in [9.17, 15) is 0 Å². The molecule has 1 N–H and O–H groups in total. The average Bonchev–Trinajstić information content (AvgIpc) is 3.08. The Morgan fingerprint density at radius 1 is 1.47 bits per heavy atom. The molecule has 0 aliphatic heterocycles. The molecule has 1 atom stereocenters. The molecule has 3 heteroatoms. The minimum absolute atomic E-state index is 0.719. The van der Waals surface area contributed by atoms with Crippen LogP contribution in [0.2, 0.25) is 0 Å². The molecule has 2 rings (SSSR count). The first kappa shape index (κ1) is 12.6. The summed E-state index contributed by atoms with van der Waals surface area (Å²) in [6.07, 6.45) is 10.4. The van der Waals surface area contributed by atoms with Gasteiger partial charge < -0.3 is 9.88 Å². The molecule has 1 aromatic rings. The van der Waals surface area contributed by atoms with Crippen molar-refractivity contribution in [3.05, 3.63) is 18.2 Å². The van der Waals surface area contributed by atoms with Crippen molar-refractivity contribution in [2.24, 2.45) is 5.92 Å². The van der Waals surface area contributed by atoms with Crippen LogP contribution in [0, 0.1) is 5.92 Å². The molecule has 96 valence electrons. The summed E-state index contributed by atoms with van der Waals surface area (Å²) >= 11 is 0. The minimum Gasteiger partial charge on any atom is -0.335 e. The van der Waals surface area contributed by atoms with Crippen LogP contribution in [0.1, 0.15) is 45.4 Å². The Bertz CT molecular complexity index is 328. The molecule has 1 fully saturated rings. The number of rotatable bonds is 8. The highest BCUT2D eigenvalue weighted by atomic mass is 15.1. The van der Waals surface area contributed by atoms with E-state index >= 15 is 0 Å². The highest BCUT2D eigenvalue weighted by molar-refractivity contribution is 4.95. The van der Waals surface area contributed by atoms with Crippen LogP contribution in [-0.2, 0) is 13.0 Å². The summed E-state index contributed by atoms with van der Waals surface area (Å²) in [5.41, 5.74) is 0. The summed E-state index contributed by atoms with van der Waals surface area (Å²) in [5.74, 6) is 2.18. The van der Waals surface area contributed by atoms with E-state index in [0.717, 1.165) is 31.5 Å². The van der Waals surface area contributed by atoms with Crippen LogP contribution in [0.25, 0.3) is 0 Å². The SMILES string of the molecule is CCCNC(CCc1nccn1CC)C1CC1. The molecule has 1 unspecified atom stereocenters. The number of aromatic nitrogens is 2. The Morgan fingerprint density at radius 2 is 2.29 bits per heavy atom. The molecule has 0 bridgehead atoms. The van der Waals surface area contributed by atoms with E-state index in [0.29, 0.717) is 0 Å². The lowest BCUT2D eigenvalue weighted by Gasteiger charge is -2.17. The Balaban J connectivity index is 1.82. The minimum atomic E-state index is 0.719. The zero-order chi connectivity index (χ0) is 12.1. The van der Waals surface area contributed by atoms with Gasteiger partial charge in [-0.3, -0.25) is 0 Å². The van der Waals surface area contributed by atoms with Gasteiger partial charge in [0.25, 0.3) is 0 Å². The molecule has 1 aromatic heterocycles. The number of imidazole rings is 1. The summed E-state index contributed by atoms with van der Waals surface area (Å²) in [4.78, 5) is 4.45. The van der Waals surface area contributed by atoms with Gasteiger partial charge in [0.1, 0.15) is 5.82 Å². The first-order chi connectivity index (χ1) is 8.35. The van der Waals surface area contributed by atoms with Crippen molar-refractivity contribution in [3.8, 4) is 0 Å². The number of hydrogen-bond acceptors (Lipinski definition) is 2. The Kier molecular flexibility index (Phi) is 4.60. The van der Waals surface area contributed by atoms with Crippen molar-refractivity contribution in [2.75, 3.05) is 6.54 Å². The summed E-state index contributed by atoms with van der Waals surface area (Å²) < 4.78 is 2.25. The van der Waals surface area contributed by atoms with E-state index in [-0.39, 0.29) is 0 Å². The third-order valence-corrected chi connectivity index (χ3v) is 3.67. The molecular weight excluding hydrogens is 210 g/mol. The largest absolute Gasteiger partial charge is 0.335 e. The van der Waals surface area contributed by atoms with Gasteiger partial charge >= 0.3 is 0 Å². The van der Waals surface area contributed by atoms with Gasteiger partial charge in [-0.15, -0.1) is 0 Å². The molecule has 1 heterocycles. The van der Waals surface area contributed by atoms with Crippen molar-refractivity contribution in [2.45, 2.75) is 58.5 Å². The monoisotopic (exact) mass is 235 g/mol. The second-order valence-electron chi connectivity index (χ2n) is 5.07. The van der Waals surface area contributed by atoms with Gasteiger partial charge in [-0.25, -0.2) is 4.98 Å². The van der Waals surface area contributed by atoms with Crippen molar-refractivity contribution in [3.63, 3.8) is 0 Å². The van der Waals surface area contributed by atoms with Crippen LogP contribution in [-0.4, -0.2) is 22.1 Å². The summed E-state index contributed by atoms with van der Waals surface area (Å²) in [6, 6.07) is 0.719. The molecule has 0 spiro atoms. The number of nitrogens with zero attached hydrogens (tertiary/aromatic N) is 2. The molecule has 1 aliphatic rings. The smallest absolute Gasteiger partial charge is 0.108 e. The molecule has 3 nitrogen and oxygen atoms in total. The van der Waals surface area contributed by atoms with Gasteiger partial charge in [0.05, 0.1) is 0 Å². The molecule has 1 saturated carbocycles. The number of aryl methyl sites for hydroxylation is 2. The van der Waals surface area contributed by atoms with Crippen molar-refractivity contribution < 1.29 is 0 Å². The van der Waals surface area contributed by atoms with Crippen LogP contribution in [0.3, 0.4) is 0 Å². The fourth-order valence-corrected chi connectivity index (χ4v) is 2.47. The fourth-order valence-electron chi connectivity index (χ4n) is 2.47. The molecule has 1 aliphatic carbocycles. The van der Waals surface area contributed by atoms with Crippen LogP contribution >= 0.6 is 0 Å². The number of hydrogen-bond donors (Lipinski definition) is 1. The van der Waals surface area contributed by atoms with Gasteiger partial charge in [0.2, 0.25) is 0 Å². The van der Waals surface area contributed by atoms with E-state index in [1.807, 2.05) is 6.20 Å². The quantitative estimate of drug-likeness (QED) is 0.750. The van der Waals surface area contributed by atoms with Crippen LogP contribution in [0.5, 0.6) is 0 Å². The highest BCUT2D eigenvalue weighted by Crippen LogP contribution is 2.34. The van der Waals surface area contributed by atoms with E-state index < -0.39 is 0 Å². The van der Waals surface area contributed by atoms with Crippen molar-refractivity contribution in [1.29, 1.82) is 0 Å². The van der Waals surface area contributed by atoms with E-state index in [2.05, 4.69) is 34.9 Å². The van der Waals surface area contributed by atoms with Crippen LogP contribution < -0.4 is 5.32 Å². The zero-order valence-corrected chi connectivity index (χ0v) is 11.2. The lowest BCUT2D eigenvalue weighted by atomic mass is 10.1. The van der Waals surface area contributed by atoms with Crippen molar-refractivity contribution >= 4 is 0 Å². The zero-order valence-electron chi connectivity index (χ0n) is 11.2. The average molecular weight is 235 g/mol. The predicted octanol–water partition coefficient (Wildman–Crippen LogP) is 2.61. The lowest BCUT2D eigenvalue weighted by Crippen LogP contribution is -2.32. The third kappa shape index (κ3) is 3.56. The molecule has 0 aromatic carbocycles. The topological polar surface area (TPSA) is 29.9 Å². The standard InChI is InChI=1S/C14H25N3/c1-3-9-15-13(12-5-6-12)7-8-14-16-10-11-17(14)4-2/h10-13,15H,3-9H2,1-2H3. The summed E-state index contributed by atoms with van der Waals surface area (Å²) in [7, 11) is 0. The van der Waals surface area contributed by atoms with E-state index in [1.165, 1.54) is 31.5 Å². The Morgan fingerprint density at radius 3 is 2.94 bits per heavy atom. The molecule has 0 amide bonds. The lowest BCUT2D eigenvalue weighted by molar-refractivity contribution is 0.429. The Hall–Kier alpha value is -0.830. The van der Waals surface area contributed by atoms with Crippen LogP contribution in [0.15, 0.2) is 12.4 Å². The summed E-state index contributed by atoms with van der Waals surface area (Å²) in [5, 5.41) is 3.69. The predicted molar refractivity (Wildman–Crippen MR) is 71.0 cm³/mol. The Labute approximate surface area is 105 Å². The van der Waals surface area contributed by atoms with E-state index in [1.54, 1.807) is 0 Å². The van der Waals surface area contributed by atoms with E-state index in [4.69, 9.17) is 0 Å². The normalized spacial score (nSPS) is 17.3. The maximum absolute atomic E-state index is 4.45. The molecule has 17 heavy (non-hydrogen) atoms. The van der Waals surface area contributed by atoms with Gasteiger partial charge in [0.15, 0.2) is 0 Å². The molecule has 0 radical (unpaired) electrons. The molecule has 0 saturated heterocycles. The van der Waals surface area contributed by atoms with Crippen LogP contribution in [0.4, 0.5) is 0 Å².